The average molecular weight is 392 g/mol. The Labute approximate surface area is 155 Å². The third-order valence-electron chi connectivity index (χ3n) is 3.77. The summed E-state index contributed by atoms with van der Waals surface area (Å²) in [5.74, 6) is -0.277. The summed E-state index contributed by atoms with van der Waals surface area (Å²) < 4.78 is 40.3. The van der Waals surface area contributed by atoms with Gasteiger partial charge in [0.2, 0.25) is 10.0 Å². The first kappa shape index (κ1) is 18.5. The van der Waals surface area contributed by atoms with Crippen LogP contribution in [0.25, 0.3) is 11.3 Å². The van der Waals surface area contributed by atoms with Crippen molar-refractivity contribution in [2.45, 2.75) is 18.2 Å². The number of hydrogen-bond acceptors (Lipinski definition) is 5. The number of rotatable bonds is 6. The summed E-state index contributed by atoms with van der Waals surface area (Å²) in [4.78, 5) is 4.56. The molecule has 0 saturated carbocycles. The molecule has 0 bridgehead atoms. The van der Waals surface area contributed by atoms with Gasteiger partial charge in [-0.15, -0.1) is 11.3 Å². The maximum atomic E-state index is 13.1. The molecule has 3 rings (SSSR count). The van der Waals surface area contributed by atoms with Crippen LogP contribution in [0.3, 0.4) is 0 Å². The van der Waals surface area contributed by atoms with E-state index in [0.717, 1.165) is 22.3 Å². The number of nitrogens with one attached hydrogen (secondary N) is 1. The predicted molar refractivity (Wildman–Crippen MR) is 99.2 cm³/mol. The first-order chi connectivity index (χ1) is 12.3. The molecule has 0 saturated heterocycles. The number of nitrogens with zero attached hydrogens (tertiary/aromatic N) is 1. The molecule has 2 N–H and O–H groups in total. The van der Waals surface area contributed by atoms with Gasteiger partial charge in [-0.2, -0.15) is 0 Å². The van der Waals surface area contributed by atoms with Gasteiger partial charge in [0.25, 0.3) is 0 Å². The van der Waals surface area contributed by atoms with E-state index < -0.39 is 15.8 Å². The van der Waals surface area contributed by atoms with Crippen LogP contribution < -0.4 is 4.72 Å². The Balaban J connectivity index is 1.64. The first-order valence-electron chi connectivity index (χ1n) is 7.85. The van der Waals surface area contributed by atoms with E-state index in [2.05, 4.69) is 9.71 Å². The fourth-order valence-corrected chi connectivity index (χ4v) is 4.54. The molecule has 2 aromatic carbocycles. The third-order valence-corrected chi connectivity index (χ3v) is 6.30. The number of hydrogen-bond donors (Lipinski definition) is 2. The summed E-state index contributed by atoms with van der Waals surface area (Å²) in [6.45, 7) is 1.75. The number of phenols is 1. The predicted octanol–water partition coefficient (Wildman–Crippen LogP) is 3.48. The van der Waals surface area contributed by atoms with E-state index in [1.165, 1.54) is 23.5 Å². The number of aromatic nitrogens is 1. The number of halogens is 1. The Kier molecular flexibility index (Phi) is 5.36. The second-order valence-electron chi connectivity index (χ2n) is 5.73. The van der Waals surface area contributed by atoms with Crippen LogP contribution in [0.2, 0.25) is 0 Å². The van der Waals surface area contributed by atoms with Crippen molar-refractivity contribution < 1.29 is 17.9 Å². The minimum Gasteiger partial charge on any atom is -0.508 e. The SMILES string of the molecule is Cc1cc(F)ccc1S(=O)(=O)NCCc1nc(-c2ccc(O)cc2)cs1. The van der Waals surface area contributed by atoms with Gasteiger partial charge in [0.15, 0.2) is 0 Å². The third kappa shape index (κ3) is 4.27. The van der Waals surface area contributed by atoms with Crippen LogP contribution in [0.1, 0.15) is 10.6 Å². The number of sulfonamides is 1. The highest BCUT2D eigenvalue weighted by Gasteiger charge is 2.17. The van der Waals surface area contributed by atoms with E-state index in [1.807, 2.05) is 5.38 Å². The number of aryl methyl sites for hydroxylation is 1. The average Bonchev–Trinajstić information content (AvgIpc) is 3.04. The van der Waals surface area contributed by atoms with Gasteiger partial charge in [0.1, 0.15) is 11.6 Å². The number of benzene rings is 2. The number of phenolic OH excluding ortho intramolecular Hbond substituents is 1. The van der Waals surface area contributed by atoms with Gasteiger partial charge >= 0.3 is 0 Å². The smallest absolute Gasteiger partial charge is 0.240 e. The summed E-state index contributed by atoms with van der Waals surface area (Å²) in [6.07, 6.45) is 0.447. The molecule has 0 fully saturated rings. The second kappa shape index (κ2) is 7.53. The zero-order valence-electron chi connectivity index (χ0n) is 13.9. The van der Waals surface area contributed by atoms with Gasteiger partial charge in [0, 0.05) is 23.9 Å². The van der Waals surface area contributed by atoms with E-state index in [0.29, 0.717) is 12.0 Å². The zero-order valence-corrected chi connectivity index (χ0v) is 15.6. The van der Waals surface area contributed by atoms with Crippen molar-refractivity contribution >= 4 is 21.4 Å². The van der Waals surface area contributed by atoms with Crippen LogP contribution in [0.5, 0.6) is 5.75 Å². The molecule has 0 aliphatic rings. The quantitative estimate of drug-likeness (QED) is 0.673. The standard InChI is InChI=1S/C18H17FN2O3S2/c1-12-10-14(19)4-7-17(12)26(23,24)20-9-8-18-21-16(11-25-18)13-2-5-15(22)6-3-13/h2-7,10-11,20,22H,8-9H2,1H3. The molecule has 5 nitrogen and oxygen atoms in total. The van der Waals surface area contributed by atoms with Crippen molar-refractivity contribution in [3.05, 3.63) is 64.2 Å². The van der Waals surface area contributed by atoms with Crippen molar-refractivity contribution in [1.82, 2.24) is 9.71 Å². The highest BCUT2D eigenvalue weighted by Crippen LogP contribution is 2.24. The fourth-order valence-electron chi connectivity index (χ4n) is 2.47. The number of thiazole rings is 1. The van der Waals surface area contributed by atoms with Gasteiger partial charge in [-0.05, 0) is 55.0 Å². The lowest BCUT2D eigenvalue weighted by Crippen LogP contribution is -2.26. The maximum absolute atomic E-state index is 13.1. The highest BCUT2D eigenvalue weighted by molar-refractivity contribution is 7.89. The summed E-state index contributed by atoms with van der Waals surface area (Å²) >= 11 is 1.44. The molecule has 1 aromatic heterocycles. The van der Waals surface area contributed by atoms with Gasteiger partial charge < -0.3 is 5.11 Å². The Bertz CT molecular complexity index is 1020. The number of aromatic hydroxyl groups is 1. The molecule has 0 aliphatic carbocycles. The van der Waals surface area contributed by atoms with Crippen molar-refractivity contribution in [3.63, 3.8) is 0 Å². The van der Waals surface area contributed by atoms with Crippen LogP contribution in [0.15, 0.2) is 52.7 Å². The van der Waals surface area contributed by atoms with Gasteiger partial charge in [0.05, 0.1) is 15.6 Å². The Morgan fingerprint density at radius 3 is 2.62 bits per heavy atom. The largest absolute Gasteiger partial charge is 0.508 e. The first-order valence-corrected chi connectivity index (χ1v) is 10.2. The van der Waals surface area contributed by atoms with Crippen LogP contribution >= 0.6 is 11.3 Å². The molecule has 0 unspecified atom stereocenters. The molecule has 0 atom stereocenters. The van der Waals surface area contributed by atoms with Crippen LogP contribution in [0, 0.1) is 12.7 Å². The molecular formula is C18H17FN2O3S2. The van der Waals surface area contributed by atoms with Crippen molar-refractivity contribution in [2.24, 2.45) is 0 Å². The van der Waals surface area contributed by atoms with E-state index in [9.17, 15) is 17.9 Å². The molecule has 0 spiro atoms. The van der Waals surface area contributed by atoms with E-state index >= 15 is 0 Å². The topological polar surface area (TPSA) is 79.3 Å². The lowest BCUT2D eigenvalue weighted by atomic mass is 10.2. The minimum atomic E-state index is -3.70. The normalized spacial score (nSPS) is 11.6. The van der Waals surface area contributed by atoms with Crippen molar-refractivity contribution in [2.75, 3.05) is 6.54 Å². The molecule has 0 radical (unpaired) electrons. The molecule has 0 amide bonds. The van der Waals surface area contributed by atoms with E-state index in [-0.39, 0.29) is 17.2 Å². The minimum absolute atomic E-state index is 0.0721. The molecular weight excluding hydrogens is 375 g/mol. The lowest BCUT2D eigenvalue weighted by Gasteiger charge is -2.08. The molecule has 136 valence electrons. The second-order valence-corrected chi connectivity index (χ2v) is 8.41. The maximum Gasteiger partial charge on any atom is 0.240 e. The lowest BCUT2D eigenvalue weighted by molar-refractivity contribution is 0.475. The van der Waals surface area contributed by atoms with Crippen LogP contribution in [0.4, 0.5) is 4.39 Å². The molecule has 3 aromatic rings. The van der Waals surface area contributed by atoms with E-state index in [1.54, 1.807) is 31.2 Å². The summed E-state index contributed by atoms with van der Waals surface area (Å²) in [5.41, 5.74) is 2.02. The zero-order chi connectivity index (χ0) is 18.7. The van der Waals surface area contributed by atoms with Crippen LogP contribution in [-0.4, -0.2) is 25.1 Å². The van der Waals surface area contributed by atoms with Gasteiger partial charge in [-0.3, -0.25) is 0 Å². The molecule has 0 aliphatic heterocycles. The van der Waals surface area contributed by atoms with Crippen LogP contribution in [-0.2, 0) is 16.4 Å². The highest BCUT2D eigenvalue weighted by atomic mass is 32.2. The Hall–Kier alpha value is -2.29. The molecule has 26 heavy (non-hydrogen) atoms. The fraction of sp³-hybridized carbons (Fsp3) is 0.167. The summed E-state index contributed by atoms with van der Waals surface area (Å²) in [5, 5.41) is 12.0. The van der Waals surface area contributed by atoms with Gasteiger partial charge in [-0.25, -0.2) is 22.5 Å². The Morgan fingerprint density at radius 2 is 1.92 bits per heavy atom. The Morgan fingerprint density at radius 1 is 1.19 bits per heavy atom. The van der Waals surface area contributed by atoms with E-state index in [4.69, 9.17) is 0 Å². The monoisotopic (exact) mass is 392 g/mol. The van der Waals surface area contributed by atoms with Crippen molar-refractivity contribution in [1.29, 1.82) is 0 Å². The summed E-state index contributed by atoms with van der Waals surface area (Å²) in [6, 6.07) is 10.3. The van der Waals surface area contributed by atoms with Crippen molar-refractivity contribution in [3.8, 4) is 17.0 Å². The van der Waals surface area contributed by atoms with Gasteiger partial charge in [-0.1, -0.05) is 0 Å². The molecule has 8 heteroatoms. The summed E-state index contributed by atoms with van der Waals surface area (Å²) in [7, 11) is -3.70. The molecule has 1 heterocycles.